The van der Waals surface area contributed by atoms with Gasteiger partial charge in [-0.2, -0.15) is 0 Å². The molecule has 11 fully saturated rings. The van der Waals surface area contributed by atoms with Crippen molar-refractivity contribution in [3.8, 4) is 0 Å². The third kappa shape index (κ3) is 16.0. The molecule has 0 aromatic carbocycles. The summed E-state index contributed by atoms with van der Waals surface area (Å²) in [5.74, 6) is -4.81. The van der Waals surface area contributed by atoms with Crippen LogP contribution in [0.15, 0.2) is 11.6 Å². The SMILES string of the molecule is CC(=O)OC[C@@H]1O[C@H](O[C@H]2[C@@H](OC(C)=O)[C@@H](C)O[C@@H](OC(=O)C[C@]34CCC(C)(C)C[C@H]3C3=CC[C@@H]5[C@@]6(C)CC[C@H](O[C@@H]7O[C@H](C(=O)O)[C@@H](O)[C@H](O[C@@H]8OC[C@@H](O)[C@H](O)[C@H]8O)[C@H]7O[C@@H]7O[C@H](CO)[C@H](O)[C@H](O)[C@H]7O)[C@@](C)(C=O)[C@@H]6CC[C@@]5(C)[C@]3(C)CC4)[C@@H]2O[C@@H]2O[C@@H](C)[C@H](O[C@@H]3OC[C@@H](O)[C@H](O)[C@H]3O)[C@@H](O)[C@H]2O)[C@H](O)[C@H]1O. The van der Waals surface area contributed by atoms with Crippen molar-refractivity contribution in [2.45, 2.75) is 343 Å². The Balaban J connectivity index is 0.816. The lowest BCUT2D eigenvalue weighted by Gasteiger charge is -2.71. The van der Waals surface area contributed by atoms with Crippen LogP contribution in [-0.4, -0.2) is 341 Å². The first kappa shape index (κ1) is 86.5. The highest BCUT2D eigenvalue weighted by atomic mass is 16.8. The van der Waals surface area contributed by atoms with E-state index in [2.05, 4.69) is 40.7 Å². The molecule has 0 radical (unpaired) electrons. The Morgan fingerprint density at radius 2 is 1.04 bits per heavy atom. The monoisotopic (exact) mass is 1590 g/mol. The molecule has 16 N–H and O–H groups in total. The lowest BCUT2D eigenvalue weighted by molar-refractivity contribution is -0.391. The van der Waals surface area contributed by atoms with Gasteiger partial charge in [-0.25, -0.2) is 4.79 Å². The fourth-order valence-electron chi connectivity index (χ4n) is 20.8. The smallest absolute Gasteiger partial charge is 0.335 e. The summed E-state index contributed by atoms with van der Waals surface area (Å²) >= 11 is 0. The number of hydrogen-bond acceptors (Lipinski definition) is 36. The number of hydrogen-bond donors (Lipinski definition) is 16. The van der Waals surface area contributed by atoms with E-state index < -0.39 is 286 Å². The molecule has 0 bridgehead atoms. The van der Waals surface area contributed by atoms with Crippen molar-refractivity contribution in [1.29, 1.82) is 0 Å². The second-order valence-electron chi connectivity index (χ2n) is 34.6. The first-order chi connectivity index (χ1) is 52.1. The standard InChI is InChI=1S/C74H114O37/c1-28-54(106-62-48(88)42(82)34(79)24-97-62)47(87)52(92)64(99-28)111-60-58(109-65-50(90)45(85)37(103-65)26-96-30(3)77)55(101-31(4)78)29(2)100-67(60)105-41(81)22-74-19-17-69(5,6)21-33(74)32-11-12-39-70(7)15-14-40(71(8,27-76)38(70)13-16-73(39,10)72(32,9)18-20-74)104-68-59(110-66-51(91)46(86)44(84)36(23-75)102-66)56(53(93)57(108-68)61(94)95)107-63-49(89)43(83)35(80)25-98-63/h11,27-29,33-40,42-60,62-68,75,79-80,82-93H,12-26H2,1-10H3,(H,94,95)/t28-,29+,33-,34+,35+,36+,37-,38+,39+,40-,42-,43-,44-,45-,46-,47-,48+,49+,50+,51+,52+,53-,54-,55-,56-,57-,58-,59+,60+,62-,63-,64-,65+,66-,67-,68+,70-,71-,72+,73+,74+/m0/s1. The van der Waals surface area contributed by atoms with Crippen LogP contribution in [0.25, 0.3) is 0 Å². The van der Waals surface area contributed by atoms with Crippen molar-refractivity contribution in [1.82, 2.24) is 0 Å². The third-order valence-corrected chi connectivity index (χ3v) is 27.3. The molecule has 0 aromatic heterocycles. The maximum absolute atomic E-state index is 15.5. The van der Waals surface area contributed by atoms with Gasteiger partial charge in [0.1, 0.15) is 135 Å². The number of aliphatic hydroxyl groups excluding tert-OH is 15. The molecule has 12 rings (SSSR count). The summed E-state index contributed by atoms with van der Waals surface area (Å²) in [6.45, 7) is 15.5. The summed E-state index contributed by atoms with van der Waals surface area (Å²) in [6, 6.07) is 0. The topological polar surface area (TPSA) is 557 Å². The van der Waals surface area contributed by atoms with Crippen molar-refractivity contribution in [2.24, 2.45) is 50.2 Å². The molecule has 0 spiro atoms. The minimum Gasteiger partial charge on any atom is -0.479 e. The fraction of sp³-hybridized carbons (Fsp3) is 0.905. The summed E-state index contributed by atoms with van der Waals surface area (Å²) in [5, 5.41) is 175. The second kappa shape index (κ2) is 33.2. The Labute approximate surface area is 640 Å². The Morgan fingerprint density at radius 1 is 0.505 bits per heavy atom. The van der Waals surface area contributed by atoms with Crippen LogP contribution in [0, 0.1) is 50.2 Å². The van der Waals surface area contributed by atoms with Gasteiger partial charge in [-0.1, -0.05) is 53.2 Å². The molecule has 632 valence electrons. The Morgan fingerprint density at radius 3 is 1.64 bits per heavy atom. The van der Waals surface area contributed by atoms with E-state index in [0.717, 1.165) is 20.1 Å². The van der Waals surface area contributed by atoms with Crippen LogP contribution in [0.2, 0.25) is 0 Å². The van der Waals surface area contributed by atoms with E-state index in [0.29, 0.717) is 57.8 Å². The maximum Gasteiger partial charge on any atom is 0.335 e. The van der Waals surface area contributed by atoms with Gasteiger partial charge in [0.15, 0.2) is 56.1 Å². The first-order valence-corrected chi connectivity index (χ1v) is 38.5. The van der Waals surface area contributed by atoms with Gasteiger partial charge in [-0.15, -0.1) is 0 Å². The average molecular weight is 1600 g/mol. The number of carbonyl (C=O) groups excluding carboxylic acids is 4. The molecule has 7 aliphatic heterocycles. The number of carboxylic acids is 1. The number of fused-ring (bicyclic) bond motifs is 7. The van der Waals surface area contributed by atoms with E-state index in [1.54, 1.807) is 6.92 Å². The lowest BCUT2D eigenvalue weighted by atomic mass is 9.33. The summed E-state index contributed by atoms with van der Waals surface area (Å²) < 4.78 is 96.6. The normalized spacial score (nSPS) is 51.8. The number of aliphatic hydroxyl groups is 15. The Hall–Kier alpha value is -3.83. The van der Waals surface area contributed by atoms with Crippen LogP contribution in [-0.2, 0) is 99.8 Å². The zero-order valence-corrected chi connectivity index (χ0v) is 63.8. The number of rotatable bonds is 21. The van der Waals surface area contributed by atoms with Crippen LogP contribution in [0.3, 0.4) is 0 Å². The lowest BCUT2D eigenvalue weighted by Crippen LogP contribution is -2.68. The highest BCUT2D eigenvalue weighted by Gasteiger charge is 2.71. The van der Waals surface area contributed by atoms with Gasteiger partial charge in [0.2, 0.25) is 6.29 Å². The zero-order chi connectivity index (χ0) is 81.0. The molecule has 0 unspecified atom stereocenters. The largest absolute Gasteiger partial charge is 0.479 e. The molecule has 0 amide bonds. The van der Waals surface area contributed by atoms with E-state index in [-0.39, 0.29) is 30.1 Å². The Bertz CT molecular complexity index is 3310. The third-order valence-electron chi connectivity index (χ3n) is 27.3. The summed E-state index contributed by atoms with van der Waals surface area (Å²) in [7, 11) is 0. The van der Waals surface area contributed by atoms with E-state index in [1.807, 2.05) is 0 Å². The quantitative estimate of drug-likeness (QED) is 0.0172. The van der Waals surface area contributed by atoms with E-state index in [9.17, 15) is 101 Å². The summed E-state index contributed by atoms with van der Waals surface area (Å²) in [5.41, 5.74) is -2.79. The van der Waals surface area contributed by atoms with E-state index in [4.69, 9.17) is 75.8 Å². The highest BCUT2D eigenvalue weighted by molar-refractivity contribution is 5.73. The Kier molecular flexibility index (Phi) is 25.8. The van der Waals surface area contributed by atoms with Crippen LogP contribution in [0.1, 0.15) is 140 Å². The average Bonchev–Trinajstić information content (AvgIpc) is 0.969. The first-order valence-electron chi connectivity index (χ1n) is 38.5. The predicted molar refractivity (Wildman–Crippen MR) is 365 cm³/mol. The van der Waals surface area contributed by atoms with Crippen molar-refractivity contribution in [2.75, 3.05) is 26.4 Å². The molecule has 5 aliphatic carbocycles. The number of carboxylic acid groups (broad SMARTS) is 1. The fourth-order valence-corrected chi connectivity index (χ4v) is 20.8. The number of ether oxygens (including phenoxy) is 16. The molecule has 41 atom stereocenters. The van der Waals surface area contributed by atoms with Gasteiger partial charge in [0.05, 0.1) is 50.0 Å². The minimum absolute atomic E-state index is 0.0933. The predicted octanol–water partition coefficient (Wildman–Crippen LogP) is -3.79. The highest BCUT2D eigenvalue weighted by Crippen LogP contribution is 2.76. The van der Waals surface area contributed by atoms with E-state index >= 15 is 4.79 Å². The molecule has 0 aromatic rings. The number of carbonyl (C=O) groups is 5. The van der Waals surface area contributed by atoms with Gasteiger partial charge < -0.3 is 162 Å². The van der Waals surface area contributed by atoms with Crippen LogP contribution < -0.4 is 0 Å². The van der Waals surface area contributed by atoms with Crippen molar-refractivity contribution in [3.63, 3.8) is 0 Å². The molecule has 111 heavy (non-hydrogen) atoms. The van der Waals surface area contributed by atoms with Crippen LogP contribution in [0.5, 0.6) is 0 Å². The van der Waals surface area contributed by atoms with Crippen LogP contribution in [0.4, 0.5) is 0 Å². The van der Waals surface area contributed by atoms with Crippen molar-refractivity contribution >= 4 is 30.2 Å². The molecule has 7 saturated heterocycles. The number of esters is 3. The molecular weight excluding hydrogens is 1480 g/mol. The summed E-state index contributed by atoms with van der Waals surface area (Å²) in [6.07, 6.45) is -49.9. The van der Waals surface area contributed by atoms with Crippen molar-refractivity contribution < 1.29 is 181 Å². The number of aldehydes is 1. The van der Waals surface area contributed by atoms with Crippen molar-refractivity contribution in [3.05, 3.63) is 11.6 Å². The van der Waals surface area contributed by atoms with Gasteiger partial charge in [-0.05, 0) is 123 Å². The summed E-state index contributed by atoms with van der Waals surface area (Å²) in [4.78, 5) is 67.8. The molecule has 4 saturated carbocycles. The second-order valence-corrected chi connectivity index (χ2v) is 34.6. The molecule has 37 heteroatoms. The van der Waals surface area contributed by atoms with E-state index in [1.165, 1.54) is 19.4 Å². The molecular formula is C74H114O37. The van der Waals surface area contributed by atoms with Gasteiger partial charge >= 0.3 is 23.9 Å². The minimum atomic E-state index is -2.21. The number of aliphatic carboxylic acids is 1. The van der Waals surface area contributed by atoms with Gasteiger partial charge in [0, 0.05) is 13.8 Å². The van der Waals surface area contributed by atoms with Crippen LogP contribution >= 0.6 is 0 Å². The number of allylic oxidation sites excluding steroid dienone is 2. The van der Waals surface area contributed by atoms with Gasteiger partial charge in [-0.3, -0.25) is 14.4 Å². The van der Waals surface area contributed by atoms with Gasteiger partial charge in [0.25, 0.3) is 0 Å². The zero-order valence-electron chi connectivity index (χ0n) is 63.8. The molecule has 37 nitrogen and oxygen atoms in total. The maximum atomic E-state index is 15.5. The molecule has 12 aliphatic rings. The molecule has 7 heterocycles.